The van der Waals surface area contributed by atoms with Crippen LogP contribution in [-0.2, 0) is 11.3 Å². The van der Waals surface area contributed by atoms with Crippen molar-refractivity contribution in [2.24, 2.45) is 5.73 Å². The molecule has 3 fully saturated rings. The topological polar surface area (TPSA) is 81.3 Å². The molecule has 6 nitrogen and oxygen atoms in total. The Bertz CT molecular complexity index is 1100. The normalized spacial score (nSPS) is 20.1. The van der Waals surface area contributed by atoms with E-state index in [1.165, 1.54) is 35.2 Å². The third-order valence-corrected chi connectivity index (χ3v) is 7.89. The van der Waals surface area contributed by atoms with E-state index in [9.17, 15) is 4.79 Å². The van der Waals surface area contributed by atoms with Gasteiger partial charge in [-0.25, -0.2) is 9.97 Å². The summed E-state index contributed by atoms with van der Waals surface area (Å²) in [7, 11) is 0. The minimum atomic E-state index is 0. The number of thiophene rings is 1. The average molecular weight is 477 g/mol. The highest BCUT2D eigenvalue weighted by atomic mass is 35.5. The predicted molar refractivity (Wildman–Crippen MR) is 129 cm³/mol. The zero-order valence-corrected chi connectivity index (χ0v) is 19.7. The lowest BCUT2D eigenvalue weighted by Crippen LogP contribution is -2.54. The number of rotatable bonds is 6. The molecule has 0 spiro atoms. The van der Waals surface area contributed by atoms with Crippen molar-refractivity contribution in [3.8, 4) is 0 Å². The number of carbonyl (C=O) groups is 1. The minimum Gasteiger partial charge on any atom is -0.374 e. The van der Waals surface area contributed by atoms with Gasteiger partial charge in [0, 0.05) is 29.0 Å². The number of aryl methyl sites for hydroxylation is 1. The van der Waals surface area contributed by atoms with E-state index in [0.717, 1.165) is 51.1 Å². The Morgan fingerprint density at radius 2 is 2.16 bits per heavy atom. The number of morpholine rings is 1. The zero-order chi connectivity index (χ0) is 20.7. The van der Waals surface area contributed by atoms with Crippen LogP contribution in [0.4, 0.5) is 5.69 Å². The van der Waals surface area contributed by atoms with Crippen molar-refractivity contribution in [3.63, 3.8) is 0 Å². The Morgan fingerprint density at radius 1 is 1.29 bits per heavy atom. The molecule has 0 radical (unpaired) electrons. The van der Waals surface area contributed by atoms with E-state index in [2.05, 4.69) is 33.1 Å². The molecule has 3 saturated heterocycles. The molecule has 164 valence electrons. The standard InChI is InChI=1S/C22H24N4O2S2.ClH/c1-13-24-19-6-3-14(26-10-16-4-2-15(26)11-28-16)8-18(19)22(25-13)29-12-20(27)21-7-5-17(9-23)30-21;/h3,5-8,15-16H,2,4,9-12,23H2,1H3;1H. The molecular formula is C22H25ClN4O2S2. The van der Waals surface area contributed by atoms with Crippen LogP contribution in [0, 0.1) is 6.92 Å². The Kier molecular flexibility index (Phi) is 6.83. The molecule has 2 atom stereocenters. The van der Waals surface area contributed by atoms with E-state index in [1.807, 2.05) is 19.1 Å². The maximum absolute atomic E-state index is 12.7. The lowest BCUT2D eigenvalue weighted by molar-refractivity contribution is -0.0225. The molecule has 3 aliphatic rings. The summed E-state index contributed by atoms with van der Waals surface area (Å²) in [4.78, 5) is 26.2. The van der Waals surface area contributed by atoms with E-state index in [1.54, 1.807) is 0 Å². The molecule has 2 unspecified atom stereocenters. The number of carbonyl (C=O) groups excluding carboxylic acids is 1. The summed E-state index contributed by atoms with van der Waals surface area (Å²) in [6, 6.07) is 10.6. The highest BCUT2D eigenvalue weighted by Gasteiger charge is 2.34. The molecule has 9 heteroatoms. The van der Waals surface area contributed by atoms with Crippen LogP contribution in [0.5, 0.6) is 0 Å². The quantitative estimate of drug-likeness (QED) is 0.324. The SMILES string of the molecule is Cc1nc(SCC(=O)c2ccc(CN)s2)c2cc(N3CC4CCC3CO4)ccc2n1.Cl. The predicted octanol–water partition coefficient (Wildman–Crippen LogP) is 4.22. The van der Waals surface area contributed by atoms with Crippen molar-refractivity contribution in [2.75, 3.05) is 23.8 Å². The first kappa shape index (κ1) is 22.5. The number of piperidine rings is 1. The number of nitrogens with two attached hydrogens (primary N) is 1. The largest absolute Gasteiger partial charge is 0.374 e. The number of anilines is 1. The van der Waals surface area contributed by atoms with E-state index >= 15 is 0 Å². The smallest absolute Gasteiger partial charge is 0.183 e. The van der Waals surface area contributed by atoms with E-state index in [-0.39, 0.29) is 18.2 Å². The molecule has 0 aliphatic carbocycles. The monoisotopic (exact) mass is 476 g/mol. The maximum Gasteiger partial charge on any atom is 0.183 e. The fourth-order valence-corrected chi connectivity index (χ4v) is 6.05. The Labute approximate surface area is 196 Å². The van der Waals surface area contributed by atoms with Crippen LogP contribution in [0.1, 0.15) is 33.2 Å². The van der Waals surface area contributed by atoms with Gasteiger partial charge in [0.2, 0.25) is 0 Å². The zero-order valence-electron chi connectivity index (χ0n) is 17.2. The third kappa shape index (κ3) is 4.59. The van der Waals surface area contributed by atoms with Crippen LogP contribution in [0.15, 0.2) is 35.4 Å². The Hall–Kier alpha value is -1.71. The maximum atomic E-state index is 12.7. The average Bonchev–Trinajstić information content (AvgIpc) is 3.27. The van der Waals surface area contributed by atoms with Crippen LogP contribution in [-0.4, -0.2) is 46.8 Å². The molecule has 3 aliphatic heterocycles. The van der Waals surface area contributed by atoms with Gasteiger partial charge in [-0.2, -0.15) is 0 Å². The number of aromatic nitrogens is 2. The van der Waals surface area contributed by atoms with Gasteiger partial charge >= 0.3 is 0 Å². The second kappa shape index (κ2) is 9.42. The molecular weight excluding hydrogens is 452 g/mol. The molecule has 6 rings (SSSR count). The first-order valence-electron chi connectivity index (χ1n) is 10.2. The summed E-state index contributed by atoms with van der Waals surface area (Å²) in [6.45, 7) is 4.10. The molecule has 2 bridgehead atoms. The van der Waals surface area contributed by atoms with Crippen molar-refractivity contribution >= 4 is 57.9 Å². The van der Waals surface area contributed by atoms with Gasteiger partial charge in [-0.1, -0.05) is 11.8 Å². The molecule has 5 heterocycles. The van der Waals surface area contributed by atoms with Crippen molar-refractivity contribution in [2.45, 2.75) is 43.5 Å². The summed E-state index contributed by atoms with van der Waals surface area (Å²) in [5, 5.41) is 1.87. The number of ketones is 1. The third-order valence-electron chi connectivity index (χ3n) is 5.75. The number of Topliss-reactive ketones (excluding diaryl/α,β-unsaturated/α-hetero) is 1. The van der Waals surface area contributed by atoms with Gasteiger partial charge in [0.1, 0.15) is 10.9 Å². The van der Waals surface area contributed by atoms with Gasteiger partial charge in [0.15, 0.2) is 5.78 Å². The fourth-order valence-electron chi connectivity index (χ4n) is 4.20. The molecule has 3 aromatic rings. The van der Waals surface area contributed by atoms with E-state index < -0.39 is 0 Å². The molecule has 0 amide bonds. The number of thioether (sulfide) groups is 1. The summed E-state index contributed by atoms with van der Waals surface area (Å²) < 4.78 is 5.86. The van der Waals surface area contributed by atoms with Crippen LogP contribution >= 0.6 is 35.5 Å². The van der Waals surface area contributed by atoms with Gasteiger partial charge in [0.05, 0.1) is 34.9 Å². The molecule has 31 heavy (non-hydrogen) atoms. The van der Waals surface area contributed by atoms with Crippen LogP contribution < -0.4 is 10.6 Å². The van der Waals surface area contributed by atoms with Crippen molar-refractivity contribution in [1.82, 2.24) is 9.97 Å². The molecule has 2 aromatic heterocycles. The minimum absolute atomic E-state index is 0. The lowest BCUT2D eigenvalue weighted by atomic mass is 9.96. The van der Waals surface area contributed by atoms with Gasteiger partial charge < -0.3 is 15.4 Å². The van der Waals surface area contributed by atoms with E-state index in [0.29, 0.717) is 24.4 Å². The van der Waals surface area contributed by atoms with Gasteiger partial charge in [-0.3, -0.25) is 4.79 Å². The first-order valence-corrected chi connectivity index (χ1v) is 12.0. The number of halogens is 1. The van der Waals surface area contributed by atoms with Gasteiger partial charge in [-0.15, -0.1) is 23.7 Å². The second-order valence-corrected chi connectivity index (χ2v) is 9.93. The summed E-state index contributed by atoms with van der Waals surface area (Å²) in [5.74, 6) is 1.18. The van der Waals surface area contributed by atoms with Crippen molar-refractivity contribution < 1.29 is 9.53 Å². The second-order valence-electron chi connectivity index (χ2n) is 7.80. The molecule has 1 aromatic carbocycles. The van der Waals surface area contributed by atoms with E-state index in [4.69, 9.17) is 10.5 Å². The lowest BCUT2D eigenvalue weighted by Gasteiger charge is -2.46. The summed E-state index contributed by atoms with van der Waals surface area (Å²) in [5.41, 5.74) is 7.78. The number of ether oxygens (including phenoxy) is 1. The molecule has 2 N–H and O–H groups in total. The summed E-state index contributed by atoms with van der Waals surface area (Å²) >= 11 is 2.96. The number of benzene rings is 1. The first-order chi connectivity index (χ1) is 14.6. The molecule has 0 saturated carbocycles. The van der Waals surface area contributed by atoms with Crippen molar-refractivity contribution in [1.29, 1.82) is 0 Å². The fraction of sp³-hybridized carbons (Fsp3) is 0.409. The highest BCUT2D eigenvalue weighted by Crippen LogP contribution is 2.34. The summed E-state index contributed by atoms with van der Waals surface area (Å²) in [6.07, 6.45) is 2.65. The highest BCUT2D eigenvalue weighted by molar-refractivity contribution is 8.00. The number of fused-ring (bicyclic) bond motifs is 4. The van der Waals surface area contributed by atoms with Gasteiger partial charge in [-0.05, 0) is 50.1 Å². The van der Waals surface area contributed by atoms with Crippen LogP contribution in [0.3, 0.4) is 0 Å². The Morgan fingerprint density at radius 3 is 2.84 bits per heavy atom. The van der Waals surface area contributed by atoms with Crippen LogP contribution in [0.25, 0.3) is 10.9 Å². The van der Waals surface area contributed by atoms with Gasteiger partial charge in [0.25, 0.3) is 0 Å². The number of hydrogen-bond donors (Lipinski definition) is 1. The number of nitrogens with zero attached hydrogens (tertiary/aromatic N) is 3. The van der Waals surface area contributed by atoms with Crippen LogP contribution in [0.2, 0.25) is 0 Å². The number of hydrogen-bond acceptors (Lipinski definition) is 8. The Balaban J connectivity index is 0.00000231. The van der Waals surface area contributed by atoms with Crippen molar-refractivity contribution in [3.05, 3.63) is 45.9 Å².